The zero-order chi connectivity index (χ0) is 16.8. The van der Waals surface area contributed by atoms with Gasteiger partial charge in [0.2, 0.25) is 5.91 Å². The molecule has 1 fully saturated rings. The summed E-state index contributed by atoms with van der Waals surface area (Å²) in [6, 6.07) is 7.65. The van der Waals surface area contributed by atoms with Gasteiger partial charge in [-0.05, 0) is 30.5 Å². The van der Waals surface area contributed by atoms with Gasteiger partial charge >= 0.3 is 5.97 Å². The van der Waals surface area contributed by atoms with Crippen molar-refractivity contribution in [2.75, 3.05) is 20.8 Å². The molecule has 23 heavy (non-hydrogen) atoms. The van der Waals surface area contributed by atoms with E-state index in [0.29, 0.717) is 13.1 Å². The van der Waals surface area contributed by atoms with Gasteiger partial charge in [0.1, 0.15) is 5.75 Å². The Morgan fingerprint density at radius 1 is 1.22 bits per heavy atom. The molecule has 0 heterocycles. The fourth-order valence-electron chi connectivity index (χ4n) is 2.70. The lowest BCUT2D eigenvalue weighted by Crippen LogP contribution is -2.42. The third kappa shape index (κ3) is 4.47. The highest BCUT2D eigenvalue weighted by molar-refractivity contribution is 5.80. The van der Waals surface area contributed by atoms with Crippen LogP contribution in [0.2, 0.25) is 0 Å². The van der Waals surface area contributed by atoms with Gasteiger partial charge in [-0.1, -0.05) is 25.5 Å². The second kappa shape index (κ2) is 7.99. The van der Waals surface area contributed by atoms with Crippen molar-refractivity contribution in [3.8, 4) is 5.75 Å². The number of carbonyl (C=O) groups excluding carboxylic acids is 2. The number of hydrogen-bond acceptors (Lipinski definition) is 4. The minimum atomic E-state index is -0.331. The van der Waals surface area contributed by atoms with Gasteiger partial charge in [-0.2, -0.15) is 0 Å². The standard InChI is InChI=1S/C18H25NO4/c1-13(18(21)23-3)11-19(17(20)15-5-4-6-15)12-14-7-9-16(22-2)10-8-14/h7-10,13,15H,4-6,11-12H2,1-3H3. The number of hydrogen-bond donors (Lipinski definition) is 0. The first kappa shape index (κ1) is 17.3. The minimum absolute atomic E-state index is 0.109. The van der Waals surface area contributed by atoms with Crippen molar-refractivity contribution in [3.63, 3.8) is 0 Å². The summed E-state index contributed by atoms with van der Waals surface area (Å²) in [5, 5.41) is 0. The van der Waals surface area contributed by atoms with Crippen molar-refractivity contribution < 1.29 is 19.1 Å². The molecular weight excluding hydrogens is 294 g/mol. The highest BCUT2D eigenvalue weighted by atomic mass is 16.5. The van der Waals surface area contributed by atoms with Gasteiger partial charge in [-0.3, -0.25) is 9.59 Å². The van der Waals surface area contributed by atoms with Gasteiger partial charge in [0, 0.05) is 19.0 Å². The van der Waals surface area contributed by atoms with Crippen LogP contribution >= 0.6 is 0 Å². The third-order valence-electron chi connectivity index (χ3n) is 4.40. The summed E-state index contributed by atoms with van der Waals surface area (Å²) in [4.78, 5) is 26.1. The van der Waals surface area contributed by atoms with Crippen molar-refractivity contribution in [3.05, 3.63) is 29.8 Å². The molecule has 0 spiro atoms. The number of carbonyl (C=O) groups is 2. The topological polar surface area (TPSA) is 55.8 Å². The quantitative estimate of drug-likeness (QED) is 0.725. The smallest absolute Gasteiger partial charge is 0.310 e. The molecular formula is C18H25NO4. The predicted octanol–water partition coefficient (Wildman–Crippen LogP) is 2.63. The van der Waals surface area contributed by atoms with E-state index >= 15 is 0 Å². The van der Waals surface area contributed by atoms with Gasteiger partial charge in [0.15, 0.2) is 0 Å². The number of nitrogens with zero attached hydrogens (tertiary/aromatic N) is 1. The van der Waals surface area contributed by atoms with Gasteiger partial charge in [-0.25, -0.2) is 0 Å². The van der Waals surface area contributed by atoms with Gasteiger partial charge in [-0.15, -0.1) is 0 Å². The lowest BCUT2D eigenvalue weighted by atomic mass is 9.84. The van der Waals surface area contributed by atoms with Crippen molar-refractivity contribution >= 4 is 11.9 Å². The van der Waals surface area contributed by atoms with Crippen LogP contribution in [0.3, 0.4) is 0 Å². The fraction of sp³-hybridized carbons (Fsp3) is 0.556. The van der Waals surface area contributed by atoms with E-state index in [1.807, 2.05) is 24.3 Å². The summed E-state index contributed by atoms with van der Waals surface area (Å²) in [7, 11) is 3.00. The van der Waals surface area contributed by atoms with E-state index in [2.05, 4.69) is 0 Å². The number of esters is 1. The Balaban J connectivity index is 2.07. The first-order valence-electron chi connectivity index (χ1n) is 8.04. The predicted molar refractivity (Wildman–Crippen MR) is 86.9 cm³/mol. The van der Waals surface area contributed by atoms with Crippen LogP contribution in [0, 0.1) is 11.8 Å². The SMILES string of the molecule is COC(=O)C(C)CN(Cc1ccc(OC)cc1)C(=O)C1CCC1. The maximum atomic E-state index is 12.6. The average molecular weight is 319 g/mol. The Hall–Kier alpha value is -2.04. The first-order chi connectivity index (χ1) is 11.0. The molecule has 1 aromatic carbocycles. The lowest BCUT2D eigenvalue weighted by molar-refractivity contribution is -0.147. The van der Waals surface area contributed by atoms with E-state index in [1.165, 1.54) is 7.11 Å². The highest BCUT2D eigenvalue weighted by Crippen LogP contribution is 2.29. The van der Waals surface area contributed by atoms with E-state index in [-0.39, 0.29) is 23.7 Å². The molecule has 1 atom stereocenters. The van der Waals surface area contributed by atoms with Gasteiger partial charge in [0.25, 0.3) is 0 Å². The first-order valence-corrected chi connectivity index (χ1v) is 8.04. The second-order valence-corrected chi connectivity index (χ2v) is 6.12. The molecule has 0 aromatic heterocycles. The van der Waals surface area contributed by atoms with Crippen molar-refractivity contribution in [1.29, 1.82) is 0 Å². The molecule has 5 heteroatoms. The number of rotatable bonds is 7. The van der Waals surface area contributed by atoms with Crippen LogP contribution in [0.25, 0.3) is 0 Å². The highest BCUT2D eigenvalue weighted by Gasteiger charge is 2.31. The Bertz CT molecular complexity index is 536. The third-order valence-corrected chi connectivity index (χ3v) is 4.40. The van der Waals surface area contributed by atoms with Gasteiger partial charge < -0.3 is 14.4 Å². The molecule has 5 nitrogen and oxygen atoms in total. The molecule has 126 valence electrons. The lowest BCUT2D eigenvalue weighted by Gasteiger charge is -2.33. The normalized spacial score (nSPS) is 15.4. The van der Waals surface area contributed by atoms with Crippen LogP contribution in [0.5, 0.6) is 5.75 Å². The number of benzene rings is 1. The van der Waals surface area contributed by atoms with Crippen LogP contribution in [0.1, 0.15) is 31.7 Å². The molecule has 1 unspecified atom stereocenters. The molecule has 2 rings (SSSR count). The Morgan fingerprint density at radius 2 is 1.87 bits per heavy atom. The maximum absolute atomic E-state index is 12.6. The summed E-state index contributed by atoms with van der Waals surface area (Å²) in [6.45, 7) is 2.68. The van der Waals surface area contributed by atoms with Crippen LogP contribution in [0.15, 0.2) is 24.3 Å². The second-order valence-electron chi connectivity index (χ2n) is 6.12. The Morgan fingerprint density at radius 3 is 2.35 bits per heavy atom. The maximum Gasteiger partial charge on any atom is 0.310 e. The van der Waals surface area contributed by atoms with E-state index in [0.717, 1.165) is 30.6 Å². The Kier molecular flexibility index (Phi) is 6.02. The van der Waals surface area contributed by atoms with Crippen LogP contribution < -0.4 is 4.74 Å². The van der Waals surface area contributed by atoms with Crippen molar-refractivity contribution in [2.45, 2.75) is 32.7 Å². The molecule has 1 saturated carbocycles. The fourth-order valence-corrected chi connectivity index (χ4v) is 2.70. The molecule has 1 aliphatic rings. The van der Waals surface area contributed by atoms with Crippen LogP contribution in [-0.2, 0) is 20.9 Å². The van der Waals surface area contributed by atoms with Crippen molar-refractivity contribution in [1.82, 2.24) is 4.90 Å². The number of ether oxygens (including phenoxy) is 2. The zero-order valence-corrected chi connectivity index (χ0v) is 14.1. The summed E-state index contributed by atoms with van der Waals surface area (Å²) >= 11 is 0. The molecule has 0 N–H and O–H groups in total. The summed E-state index contributed by atoms with van der Waals surface area (Å²) in [5.41, 5.74) is 1.02. The number of amides is 1. The summed E-state index contributed by atoms with van der Waals surface area (Å²) < 4.78 is 9.94. The van der Waals surface area contributed by atoms with Crippen molar-refractivity contribution in [2.24, 2.45) is 11.8 Å². The largest absolute Gasteiger partial charge is 0.497 e. The minimum Gasteiger partial charge on any atom is -0.497 e. The molecule has 0 saturated heterocycles. The number of methoxy groups -OCH3 is 2. The van der Waals surface area contributed by atoms with E-state index < -0.39 is 0 Å². The average Bonchev–Trinajstić information content (AvgIpc) is 2.52. The van der Waals surface area contributed by atoms with E-state index in [9.17, 15) is 9.59 Å². The molecule has 1 aromatic rings. The van der Waals surface area contributed by atoms with E-state index in [1.54, 1.807) is 18.9 Å². The van der Waals surface area contributed by atoms with Crippen LogP contribution in [-0.4, -0.2) is 37.5 Å². The van der Waals surface area contributed by atoms with E-state index in [4.69, 9.17) is 9.47 Å². The molecule has 0 radical (unpaired) electrons. The molecule has 0 aliphatic heterocycles. The van der Waals surface area contributed by atoms with Crippen LogP contribution in [0.4, 0.5) is 0 Å². The zero-order valence-electron chi connectivity index (χ0n) is 14.1. The summed E-state index contributed by atoms with van der Waals surface area (Å²) in [6.07, 6.45) is 3.01. The molecule has 0 bridgehead atoms. The summed E-state index contributed by atoms with van der Waals surface area (Å²) in [5.74, 6) is 0.419. The monoisotopic (exact) mass is 319 g/mol. The molecule has 1 aliphatic carbocycles. The molecule has 1 amide bonds. The Labute approximate surface area is 137 Å². The van der Waals surface area contributed by atoms with Gasteiger partial charge in [0.05, 0.1) is 20.1 Å².